The van der Waals surface area contributed by atoms with Crippen LogP contribution in [0.25, 0.3) is 38.0 Å². The average molecular weight is 700 g/mol. The third kappa shape index (κ3) is 7.52. The number of para-hydroxylation sites is 1. The number of nitrogens with zero attached hydrogens (tertiary/aromatic N) is 2. The van der Waals surface area contributed by atoms with Crippen LogP contribution in [-0.4, -0.2) is 19.8 Å². The van der Waals surface area contributed by atoms with Crippen molar-refractivity contribution < 1.29 is 4.42 Å². The molecule has 0 radical (unpaired) electrons. The first-order valence-corrected chi connectivity index (χ1v) is 18.5. The summed E-state index contributed by atoms with van der Waals surface area (Å²) >= 11 is 1.80. The maximum absolute atomic E-state index is 6.24. The lowest BCUT2D eigenvalue weighted by molar-refractivity contribution is 0.668. The Balaban J connectivity index is 0.000000173. The molecule has 0 saturated carbocycles. The molecule has 0 bridgehead atoms. The van der Waals surface area contributed by atoms with Crippen molar-refractivity contribution >= 4 is 62.2 Å². The van der Waals surface area contributed by atoms with Crippen LogP contribution < -0.4 is 10.6 Å². The smallest absolute Gasteiger partial charge is 0.145 e. The zero-order valence-corrected chi connectivity index (χ0v) is 31.0. The minimum atomic E-state index is -0.0816. The van der Waals surface area contributed by atoms with E-state index < -0.39 is 0 Å². The fraction of sp³-hybridized carbons (Fsp3) is 0.128. The van der Waals surface area contributed by atoms with Gasteiger partial charge in [0.05, 0.1) is 11.4 Å². The Hall–Kier alpha value is -5.62. The number of aliphatic imine (C=N–C) groups is 1. The molecule has 1 aliphatic carbocycles. The van der Waals surface area contributed by atoms with Gasteiger partial charge in [-0.05, 0) is 77.8 Å². The van der Waals surface area contributed by atoms with Crippen LogP contribution in [0.2, 0.25) is 0 Å². The summed E-state index contributed by atoms with van der Waals surface area (Å²) in [5.74, 6) is 0. The molecule has 1 aromatic heterocycles. The van der Waals surface area contributed by atoms with Crippen LogP contribution in [0, 0.1) is 0 Å². The summed E-state index contributed by atoms with van der Waals surface area (Å²) in [6.07, 6.45) is 18.5. The quantitative estimate of drug-likeness (QED) is 0.113. The SMILES string of the molecule is C=C1/C=C\C(c2ccccc2)=C/N(C)c2ccc3c(oc4ccccc43)c21.C=N/C(C(=C)/C=C\C=C1/Sc2ccccc21)=C1/CCC=CC1N.CC. The van der Waals surface area contributed by atoms with Crippen molar-refractivity contribution in [3.05, 3.63) is 186 Å². The van der Waals surface area contributed by atoms with Crippen molar-refractivity contribution in [2.45, 2.75) is 37.6 Å². The van der Waals surface area contributed by atoms with E-state index >= 15 is 0 Å². The van der Waals surface area contributed by atoms with Crippen molar-refractivity contribution in [3.8, 4) is 0 Å². The first-order chi connectivity index (χ1) is 25.4. The molecule has 52 heavy (non-hydrogen) atoms. The van der Waals surface area contributed by atoms with Gasteiger partial charge in [-0.25, -0.2) is 0 Å². The second kappa shape index (κ2) is 16.6. The molecule has 3 heterocycles. The van der Waals surface area contributed by atoms with E-state index in [0.717, 1.165) is 74.0 Å². The Labute approximate surface area is 312 Å². The van der Waals surface area contributed by atoms with Gasteiger partial charge in [0.2, 0.25) is 0 Å². The number of benzene rings is 4. The molecule has 4 nitrogen and oxygen atoms in total. The summed E-state index contributed by atoms with van der Waals surface area (Å²) in [7, 11) is 2.07. The largest absolute Gasteiger partial charge is 0.455 e. The van der Waals surface area contributed by atoms with Crippen molar-refractivity contribution in [1.82, 2.24) is 0 Å². The monoisotopic (exact) mass is 699 g/mol. The van der Waals surface area contributed by atoms with E-state index in [2.05, 4.69) is 134 Å². The van der Waals surface area contributed by atoms with Crippen LogP contribution in [-0.2, 0) is 0 Å². The minimum absolute atomic E-state index is 0.0816. The lowest BCUT2D eigenvalue weighted by atomic mass is 9.92. The van der Waals surface area contributed by atoms with E-state index in [1.165, 1.54) is 20.9 Å². The van der Waals surface area contributed by atoms with Gasteiger partial charge in [0.1, 0.15) is 11.2 Å². The highest BCUT2D eigenvalue weighted by Gasteiger charge is 2.20. The molecule has 0 spiro atoms. The Bertz CT molecular complexity index is 2330. The average Bonchev–Trinajstić information content (AvgIpc) is 3.55. The van der Waals surface area contributed by atoms with E-state index in [0.29, 0.717) is 0 Å². The Morgan fingerprint density at radius 2 is 1.69 bits per heavy atom. The van der Waals surface area contributed by atoms with Gasteiger partial charge in [0.15, 0.2) is 0 Å². The zero-order valence-electron chi connectivity index (χ0n) is 30.2. The van der Waals surface area contributed by atoms with Crippen molar-refractivity contribution in [3.63, 3.8) is 0 Å². The molecule has 2 N–H and O–H groups in total. The summed E-state index contributed by atoms with van der Waals surface area (Å²) in [5.41, 5.74) is 17.5. The van der Waals surface area contributed by atoms with Gasteiger partial charge in [-0.2, -0.15) is 0 Å². The second-order valence-corrected chi connectivity index (χ2v) is 13.5. The molecule has 1 atom stereocenters. The van der Waals surface area contributed by atoms with Crippen LogP contribution in [0.1, 0.15) is 43.4 Å². The molecule has 3 aliphatic rings. The highest BCUT2D eigenvalue weighted by molar-refractivity contribution is 8.10. The van der Waals surface area contributed by atoms with E-state index in [9.17, 15) is 0 Å². The van der Waals surface area contributed by atoms with Crippen molar-refractivity contribution in [2.75, 3.05) is 11.9 Å². The zero-order chi connectivity index (χ0) is 36.6. The highest BCUT2D eigenvalue weighted by atomic mass is 32.2. The molecule has 0 amide bonds. The summed E-state index contributed by atoms with van der Waals surface area (Å²) in [6, 6.07) is 31.2. The second-order valence-electron chi connectivity index (χ2n) is 12.4. The summed E-state index contributed by atoms with van der Waals surface area (Å²) in [6.45, 7) is 16.2. The Kier molecular flexibility index (Phi) is 11.5. The maximum Gasteiger partial charge on any atom is 0.145 e. The highest BCUT2D eigenvalue weighted by Crippen LogP contribution is 2.48. The van der Waals surface area contributed by atoms with Crippen LogP contribution >= 0.6 is 11.8 Å². The maximum atomic E-state index is 6.24. The molecule has 8 rings (SSSR count). The molecule has 5 aromatic rings. The molecule has 260 valence electrons. The molecular weight excluding hydrogens is 655 g/mol. The molecule has 0 saturated heterocycles. The standard InChI is InChI=1S/C25H19NO.C20H20N2S.C2H6/c1-17-12-13-19(18-8-4-3-5-9-18)16-26(2)22-15-14-21-20-10-6-7-11-23(20)27-25(21)24(17)22;1-14(20(22-2)15-9-3-5-11-17(15)21)8-7-13-19-16-10-4-6-12-18(16)23-19;1-2/h3-16H,1H2,2H3;4-8,10-13,17H,1-3,9,21H2;1-2H3/b13-12-,19-16+;8-7-,19-13-,20-15-;. The molecule has 2 aliphatic heterocycles. The Morgan fingerprint density at radius 3 is 2.46 bits per heavy atom. The van der Waals surface area contributed by atoms with Crippen molar-refractivity contribution in [1.29, 1.82) is 0 Å². The first-order valence-electron chi connectivity index (χ1n) is 17.7. The molecule has 1 unspecified atom stereocenters. The number of anilines is 1. The number of hydrogen-bond acceptors (Lipinski definition) is 5. The summed E-state index contributed by atoms with van der Waals surface area (Å²) < 4.78 is 6.24. The van der Waals surface area contributed by atoms with Gasteiger partial charge in [-0.1, -0.05) is 142 Å². The fourth-order valence-corrected chi connectivity index (χ4v) is 7.52. The van der Waals surface area contributed by atoms with Gasteiger partial charge < -0.3 is 15.1 Å². The van der Waals surface area contributed by atoms with Crippen LogP contribution in [0.5, 0.6) is 0 Å². The van der Waals surface area contributed by atoms with E-state index in [1.807, 2.05) is 56.3 Å². The molecule has 4 aromatic carbocycles. The number of furan rings is 1. The van der Waals surface area contributed by atoms with E-state index in [4.69, 9.17) is 10.2 Å². The lowest BCUT2D eigenvalue weighted by Crippen LogP contribution is -2.23. The number of hydrogen-bond donors (Lipinski definition) is 1. The molecule has 5 heteroatoms. The van der Waals surface area contributed by atoms with Crippen LogP contribution in [0.4, 0.5) is 5.69 Å². The van der Waals surface area contributed by atoms with E-state index in [-0.39, 0.29) is 6.04 Å². The Morgan fingerprint density at radius 1 is 0.942 bits per heavy atom. The molecule has 0 fully saturated rings. The van der Waals surface area contributed by atoms with Gasteiger partial charge in [-0.3, -0.25) is 4.99 Å². The summed E-state index contributed by atoms with van der Waals surface area (Å²) in [5, 5.41) is 2.26. The number of allylic oxidation sites excluding steroid dienone is 8. The van der Waals surface area contributed by atoms with Crippen LogP contribution in [0.3, 0.4) is 0 Å². The number of nitrogens with two attached hydrogens (primary N) is 1. The third-order valence-corrected chi connectivity index (χ3v) is 10.3. The summed E-state index contributed by atoms with van der Waals surface area (Å²) in [4.78, 5) is 8.94. The number of rotatable bonds is 5. The van der Waals surface area contributed by atoms with E-state index in [1.54, 1.807) is 11.8 Å². The number of fused-ring (bicyclic) bond motifs is 6. The lowest BCUT2D eigenvalue weighted by Gasteiger charge is -2.22. The minimum Gasteiger partial charge on any atom is -0.455 e. The van der Waals surface area contributed by atoms with Gasteiger partial charge in [0, 0.05) is 51.0 Å². The van der Waals surface area contributed by atoms with Crippen molar-refractivity contribution in [2.24, 2.45) is 10.7 Å². The normalized spacial score (nSPS) is 19.5. The predicted molar refractivity (Wildman–Crippen MR) is 228 cm³/mol. The van der Waals surface area contributed by atoms with Gasteiger partial charge in [-0.15, -0.1) is 0 Å². The fourth-order valence-electron chi connectivity index (χ4n) is 6.57. The predicted octanol–water partition coefficient (Wildman–Crippen LogP) is 12.6. The van der Waals surface area contributed by atoms with Crippen LogP contribution in [0.15, 0.2) is 184 Å². The first kappa shape index (κ1) is 36.2. The van der Waals surface area contributed by atoms with Gasteiger partial charge >= 0.3 is 0 Å². The van der Waals surface area contributed by atoms with Gasteiger partial charge in [0.25, 0.3) is 0 Å². The third-order valence-electron chi connectivity index (χ3n) is 9.14. The number of thioether (sulfide) groups is 1. The molecular formula is C47H45N3OS. The topological polar surface area (TPSA) is 54.8 Å².